The number of nitrogens with two attached hydrogens (primary N) is 1. The van der Waals surface area contributed by atoms with E-state index < -0.39 is 65.6 Å². The minimum absolute atomic E-state index is 0.0118. The van der Waals surface area contributed by atoms with Gasteiger partial charge in [-0.25, -0.2) is 9.59 Å². The molecule has 1 aliphatic heterocycles. The van der Waals surface area contributed by atoms with Gasteiger partial charge in [-0.05, 0) is 51.4 Å². The quantitative estimate of drug-likeness (QED) is 0.123. The predicted molar refractivity (Wildman–Crippen MR) is 161 cm³/mol. The van der Waals surface area contributed by atoms with Gasteiger partial charge in [-0.1, -0.05) is 25.1 Å². The molecular weight excluding hydrogens is 604 g/mol. The van der Waals surface area contributed by atoms with Gasteiger partial charge in [0.25, 0.3) is 5.91 Å². The minimum Gasteiger partial charge on any atom is -0.467 e. The maximum Gasteiger partial charge on any atom is 0.330 e. The molecule has 0 aromatic carbocycles. The van der Waals surface area contributed by atoms with Crippen LogP contribution in [0.5, 0.6) is 0 Å². The zero-order valence-electron chi connectivity index (χ0n) is 26.6. The SMILES string of the molecule is CCOC(=O)/C=C/CC[C@@H](NC(=O)c1ccno1)C(=O)N[C@H](CCC(N)=O)C(=O)N1CCC[C@H]1C(=O)N[C@H](CC(C)C)C(=O)OC. The third-order valence-electron chi connectivity index (χ3n) is 7.09. The number of rotatable bonds is 18. The van der Waals surface area contributed by atoms with Crippen LogP contribution in [0.2, 0.25) is 0 Å². The van der Waals surface area contributed by atoms with E-state index in [1.54, 1.807) is 6.92 Å². The van der Waals surface area contributed by atoms with Crippen LogP contribution in [0.25, 0.3) is 0 Å². The molecule has 46 heavy (non-hydrogen) atoms. The van der Waals surface area contributed by atoms with Crippen molar-refractivity contribution in [3.63, 3.8) is 0 Å². The highest BCUT2D eigenvalue weighted by molar-refractivity contribution is 5.98. The highest BCUT2D eigenvalue weighted by atomic mass is 16.5. The van der Waals surface area contributed by atoms with Crippen molar-refractivity contribution in [3.05, 3.63) is 30.2 Å². The number of ether oxygens (including phenoxy) is 2. The van der Waals surface area contributed by atoms with Gasteiger partial charge in [-0.3, -0.25) is 24.0 Å². The monoisotopic (exact) mass is 648 g/mol. The van der Waals surface area contributed by atoms with Crippen LogP contribution in [0.3, 0.4) is 0 Å². The Morgan fingerprint density at radius 3 is 2.43 bits per heavy atom. The van der Waals surface area contributed by atoms with Gasteiger partial charge in [0.1, 0.15) is 24.2 Å². The molecule has 0 radical (unpaired) electrons. The second kappa shape index (κ2) is 18.9. The van der Waals surface area contributed by atoms with Crippen LogP contribution in [0.15, 0.2) is 28.9 Å². The zero-order valence-corrected chi connectivity index (χ0v) is 26.6. The Balaban J connectivity index is 2.25. The standard InChI is InChI=1S/C30H44N6O10/c1-5-45-25(38)11-7-6-9-19(33-28(41)23-14-15-32-46-23)26(39)34-20(12-13-24(31)37)29(42)36-16-8-10-22(36)27(40)35-21(17-18(2)3)30(43)44-4/h7,11,14-15,18-22H,5-6,8-10,12-13,16-17H2,1-4H3,(H2,31,37)(H,33,41)(H,34,39)(H,35,40)/b11-7+/t19-,20-,21-,22+/m1/s1. The van der Waals surface area contributed by atoms with Gasteiger partial charge in [0, 0.05) is 25.1 Å². The van der Waals surface area contributed by atoms with Crippen LogP contribution in [0.1, 0.15) is 76.3 Å². The Hall–Kier alpha value is -4.76. The maximum absolute atomic E-state index is 13.8. The first-order valence-electron chi connectivity index (χ1n) is 15.2. The number of carbonyl (C=O) groups excluding carboxylic acids is 7. The fourth-order valence-electron chi connectivity index (χ4n) is 4.88. The van der Waals surface area contributed by atoms with Crippen molar-refractivity contribution in [1.82, 2.24) is 26.0 Å². The third-order valence-corrected chi connectivity index (χ3v) is 7.09. The molecule has 5 N–H and O–H groups in total. The summed E-state index contributed by atoms with van der Waals surface area (Å²) < 4.78 is 14.5. The first kappa shape index (κ1) is 37.4. The van der Waals surface area contributed by atoms with Crippen molar-refractivity contribution < 1.29 is 47.6 Å². The van der Waals surface area contributed by atoms with Gasteiger partial charge in [0.05, 0.1) is 19.9 Å². The van der Waals surface area contributed by atoms with E-state index in [9.17, 15) is 33.6 Å². The lowest BCUT2D eigenvalue weighted by molar-refractivity contribution is -0.147. The first-order chi connectivity index (χ1) is 21.9. The Labute approximate surface area is 267 Å². The summed E-state index contributed by atoms with van der Waals surface area (Å²) in [7, 11) is 1.22. The summed E-state index contributed by atoms with van der Waals surface area (Å²) in [5.74, 6) is -4.67. The van der Waals surface area contributed by atoms with E-state index in [-0.39, 0.29) is 50.5 Å². The van der Waals surface area contributed by atoms with Crippen LogP contribution in [-0.2, 0) is 38.2 Å². The van der Waals surface area contributed by atoms with Crippen molar-refractivity contribution in [2.45, 2.75) is 89.9 Å². The molecule has 0 aliphatic carbocycles. The van der Waals surface area contributed by atoms with Gasteiger partial charge in [0.15, 0.2) is 0 Å². The van der Waals surface area contributed by atoms with Crippen molar-refractivity contribution in [3.8, 4) is 0 Å². The smallest absolute Gasteiger partial charge is 0.330 e. The largest absolute Gasteiger partial charge is 0.467 e. The summed E-state index contributed by atoms with van der Waals surface area (Å²) in [6.07, 6.45) is 4.80. The van der Waals surface area contributed by atoms with Gasteiger partial charge >= 0.3 is 11.9 Å². The van der Waals surface area contributed by atoms with Crippen molar-refractivity contribution >= 4 is 41.5 Å². The molecule has 2 rings (SSSR count). The van der Waals surface area contributed by atoms with E-state index in [4.69, 9.17) is 19.7 Å². The van der Waals surface area contributed by atoms with E-state index in [1.165, 1.54) is 36.4 Å². The van der Waals surface area contributed by atoms with Crippen LogP contribution < -0.4 is 21.7 Å². The summed E-state index contributed by atoms with van der Waals surface area (Å²) in [6.45, 7) is 5.81. The second-order valence-corrected chi connectivity index (χ2v) is 11.1. The molecule has 16 nitrogen and oxygen atoms in total. The number of methoxy groups -OCH3 is 1. The number of aromatic nitrogens is 1. The van der Waals surface area contributed by atoms with Gasteiger partial charge in [-0.2, -0.15) is 0 Å². The Kier molecular flexibility index (Phi) is 15.4. The number of carbonyl (C=O) groups is 7. The fourth-order valence-corrected chi connectivity index (χ4v) is 4.88. The van der Waals surface area contributed by atoms with E-state index in [2.05, 4.69) is 21.1 Å². The van der Waals surface area contributed by atoms with Gasteiger partial charge in [-0.15, -0.1) is 0 Å². The van der Waals surface area contributed by atoms with E-state index in [1.807, 2.05) is 13.8 Å². The molecule has 0 bridgehead atoms. The molecule has 1 aromatic heterocycles. The number of amides is 5. The molecule has 16 heteroatoms. The number of nitrogens with one attached hydrogen (secondary N) is 3. The molecule has 0 spiro atoms. The Morgan fingerprint density at radius 1 is 1.09 bits per heavy atom. The van der Waals surface area contributed by atoms with Crippen molar-refractivity contribution in [1.29, 1.82) is 0 Å². The van der Waals surface area contributed by atoms with Gasteiger partial charge < -0.3 is 40.6 Å². The summed E-state index contributed by atoms with van der Waals surface area (Å²) in [5.41, 5.74) is 5.34. The zero-order chi connectivity index (χ0) is 34.2. The molecule has 1 aliphatic rings. The average Bonchev–Trinajstić information content (AvgIpc) is 3.72. The molecule has 1 saturated heterocycles. The first-order valence-corrected chi connectivity index (χ1v) is 15.2. The molecule has 0 saturated carbocycles. The number of primary amides is 1. The highest BCUT2D eigenvalue weighted by Gasteiger charge is 2.39. The Bertz CT molecular complexity index is 1250. The highest BCUT2D eigenvalue weighted by Crippen LogP contribution is 2.21. The molecular formula is C30H44N6O10. The van der Waals surface area contributed by atoms with Gasteiger partial charge in [0.2, 0.25) is 29.4 Å². The molecule has 4 atom stereocenters. The summed E-state index contributed by atoms with van der Waals surface area (Å²) >= 11 is 0. The average molecular weight is 649 g/mol. The fraction of sp³-hybridized carbons (Fsp3) is 0.600. The third kappa shape index (κ3) is 12.0. The van der Waals surface area contributed by atoms with Crippen LogP contribution in [-0.4, -0.2) is 96.0 Å². The lowest BCUT2D eigenvalue weighted by atomic mass is 10.0. The number of esters is 2. The summed E-state index contributed by atoms with van der Waals surface area (Å²) in [5, 5.41) is 11.3. The summed E-state index contributed by atoms with van der Waals surface area (Å²) in [6, 6.07) is -3.03. The van der Waals surface area contributed by atoms with E-state index in [0.717, 1.165) is 0 Å². The Morgan fingerprint density at radius 2 is 1.83 bits per heavy atom. The number of hydrogen-bond acceptors (Lipinski definition) is 11. The van der Waals surface area contributed by atoms with Crippen LogP contribution >= 0.6 is 0 Å². The topological polar surface area (TPSA) is 229 Å². The second-order valence-electron chi connectivity index (χ2n) is 11.1. The van der Waals surface area contributed by atoms with E-state index in [0.29, 0.717) is 19.3 Å². The van der Waals surface area contributed by atoms with Crippen LogP contribution in [0, 0.1) is 5.92 Å². The lowest BCUT2D eigenvalue weighted by Crippen LogP contribution is -2.57. The number of hydrogen-bond donors (Lipinski definition) is 4. The molecule has 2 heterocycles. The van der Waals surface area contributed by atoms with Crippen LogP contribution in [0.4, 0.5) is 0 Å². The maximum atomic E-state index is 13.8. The summed E-state index contributed by atoms with van der Waals surface area (Å²) in [4.78, 5) is 90.2. The predicted octanol–water partition coefficient (Wildman–Crippen LogP) is 0.118. The lowest BCUT2D eigenvalue weighted by Gasteiger charge is -2.30. The molecule has 254 valence electrons. The number of nitrogens with zero attached hydrogens (tertiary/aromatic N) is 2. The molecule has 0 unspecified atom stereocenters. The molecule has 1 fully saturated rings. The van der Waals surface area contributed by atoms with E-state index >= 15 is 0 Å². The normalized spacial score (nSPS) is 16.4. The number of allylic oxidation sites excluding steroid dienone is 1. The molecule has 1 aromatic rings. The molecule has 5 amide bonds. The minimum atomic E-state index is -1.28. The van der Waals surface area contributed by atoms with Crippen molar-refractivity contribution in [2.24, 2.45) is 11.7 Å². The number of likely N-dealkylation sites (tertiary alicyclic amines) is 1. The van der Waals surface area contributed by atoms with Crippen molar-refractivity contribution in [2.75, 3.05) is 20.3 Å².